The Labute approximate surface area is 140 Å². The van der Waals surface area contributed by atoms with Crippen LogP contribution in [0, 0.1) is 0 Å². The molecule has 2 heterocycles. The van der Waals surface area contributed by atoms with Gasteiger partial charge in [0.2, 0.25) is 0 Å². The molecule has 2 fully saturated rings. The summed E-state index contributed by atoms with van der Waals surface area (Å²) in [5, 5.41) is 0. The Morgan fingerprint density at radius 1 is 1.04 bits per heavy atom. The predicted octanol–water partition coefficient (Wildman–Crippen LogP) is 3.15. The average molecular weight is 318 g/mol. The van der Waals surface area contributed by atoms with Crippen LogP contribution in [-0.4, -0.2) is 55.2 Å². The summed E-state index contributed by atoms with van der Waals surface area (Å²) in [5.41, 5.74) is 1.30. The van der Waals surface area contributed by atoms with Crippen LogP contribution in [0.5, 0.6) is 11.5 Å². The van der Waals surface area contributed by atoms with E-state index in [-0.39, 0.29) is 0 Å². The summed E-state index contributed by atoms with van der Waals surface area (Å²) in [7, 11) is 3.39. The first-order valence-electron chi connectivity index (χ1n) is 8.83. The lowest BCUT2D eigenvalue weighted by Gasteiger charge is -2.32. The van der Waals surface area contributed by atoms with Crippen molar-refractivity contribution < 1.29 is 9.47 Å². The highest BCUT2D eigenvalue weighted by molar-refractivity contribution is 5.42. The molecule has 0 amide bonds. The third-order valence-corrected chi connectivity index (χ3v) is 5.37. The third-order valence-electron chi connectivity index (χ3n) is 5.37. The van der Waals surface area contributed by atoms with Crippen LogP contribution in [0.3, 0.4) is 0 Å². The molecular weight excluding hydrogens is 288 g/mol. The summed E-state index contributed by atoms with van der Waals surface area (Å²) in [6, 6.07) is 8.46. The SMILES string of the molecule is COc1ccc(CN2CCC3CCC(C2)N3C(C)C)cc1OC. The Balaban J connectivity index is 1.69. The van der Waals surface area contributed by atoms with E-state index in [4.69, 9.17) is 9.47 Å². The lowest BCUT2D eigenvalue weighted by molar-refractivity contribution is 0.145. The van der Waals surface area contributed by atoms with Crippen LogP contribution in [-0.2, 0) is 6.54 Å². The number of hydrogen-bond acceptors (Lipinski definition) is 4. The largest absolute Gasteiger partial charge is 0.493 e. The normalized spacial score (nSPS) is 25.6. The first-order chi connectivity index (χ1) is 11.1. The highest BCUT2D eigenvalue weighted by atomic mass is 16.5. The van der Waals surface area contributed by atoms with Crippen LogP contribution in [0.15, 0.2) is 18.2 Å². The fraction of sp³-hybridized carbons (Fsp3) is 0.684. The molecule has 1 aromatic carbocycles. The van der Waals surface area contributed by atoms with E-state index in [0.29, 0.717) is 6.04 Å². The topological polar surface area (TPSA) is 24.9 Å². The predicted molar refractivity (Wildman–Crippen MR) is 93.2 cm³/mol. The van der Waals surface area contributed by atoms with Gasteiger partial charge in [-0.25, -0.2) is 0 Å². The second kappa shape index (κ2) is 7.10. The van der Waals surface area contributed by atoms with Gasteiger partial charge in [0.15, 0.2) is 11.5 Å². The van der Waals surface area contributed by atoms with Crippen LogP contribution in [0.25, 0.3) is 0 Å². The minimum absolute atomic E-state index is 0.661. The molecule has 0 spiro atoms. The second-order valence-electron chi connectivity index (χ2n) is 7.14. The van der Waals surface area contributed by atoms with Crippen LogP contribution >= 0.6 is 0 Å². The molecule has 23 heavy (non-hydrogen) atoms. The molecule has 2 aliphatic rings. The van der Waals surface area contributed by atoms with E-state index in [0.717, 1.165) is 30.1 Å². The quantitative estimate of drug-likeness (QED) is 0.832. The lowest BCUT2D eigenvalue weighted by Crippen LogP contribution is -2.43. The van der Waals surface area contributed by atoms with Crippen molar-refractivity contribution in [1.29, 1.82) is 0 Å². The molecule has 1 aromatic rings. The van der Waals surface area contributed by atoms with Crippen LogP contribution in [0.4, 0.5) is 0 Å². The monoisotopic (exact) mass is 318 g/mol. The highest BCUT2D eigenvalue weighted by Gasteiger charge is 2.38. The molecule has 4 heteroatoms. The number of rotatable bonds is 5. The number of methoxy groups -OCH3 is 2. The van der Waals surface area contributed by atoms with Gasteiger partial charge in [-0.05, 0) is 50.8 Å². The molecule has 2 aliphatic heterocycles. The Kier molecular flexibility index (Phi) is 5.12. The number of nitrogens with zero attached hydrogens (tertiary/aromatic N) is 2. The van der Waals surface area contributed by atoms with Crippen molar-refractivity contribution in [2.75, 3.05) is 27.3 Å². The minimum Gasteiger partial charge on any atom is -0.493 e. The van der Waals surface area contributed by atoms with E-state index in [9.17, 15) is 0 Å². The van der Waals surface area contributed by atoms with Crippen molar-refractivity contribution in [3.8, 4) is 11.5 Å². The molecule has 0 aromatic heterocycles. The van der Waals surface area contributed by atoms with Gasteiger partial charge in [-0.15, -0.1) is 0 Å². The van der Waals surface area contributed by atoms with Gasteiger partial charge in [-0.1, -0.05) is 6.07 Å². The molecule has 4 nitrogen and oxygen atoms in total. The van der Waals surface area contributed by atoms with Gasteiger partial charge in [0, 0.05) is 37.8 Å². The molecule has 3 rings (SSSR count). The van der Waals surface area contributed by atoms with Gasteiger partial charge in [0.05, 0.1) is 14.2 Å². The van der Waals surface area contributed by atoms with E-state index < -0.39 is 0 Å². The first kappa shape index (κ1) is 16.6. The van der Waals surface area contributed by atoms with E-state index >= 15 is 0 Å². The Morgan fingerprint density at radius 2 is 1.78 bits per heavy atom. The summed E-state index contributed by atoms with van der Waals surface area (Å²) in [6.07, 6.45) is 4.03. The zero-order valence-corrected chi connectivity index (χ0v) is 14.9. The zero-order chi connectivity index (χ0) is 16.4. The summed E-state index contributed by atoms with van der Waals surface area (Å²) >= 11 is 0. The Hall–Kier alpha value is -1.26. The lowest BCUT2D eigenvalue weighted by atomic mass is 10.1. The summed E-state index contributed by atoms with van der Waals surface area (Å²) in [6.45, 7) is 8.06. The Morgan fingerprint density at radius 3 is 2.48 bits per heavy atom. The molecule has 2 atom stereocenters. The van der Waals surface area contributed by atoms with E-state index in [1.54, 1.807) is 14.2 Å². The summed E-state index contributed by atoms with van der Waals surface area (Å²) in [4.78, 5) is 5.37. The zero-order valence-electron chi connectivity index (χ0n) is 14.9. The van der Waals surface area contributed by atoms with Crippen molar-refractivity contribution >= 4 is 0 Å². The van der Waals surface area contributed by atoms with Gasteiger partial charge in [0.1, 0.15) is 0 Å². The van der Waals surface area contributed by atoms with Crippen molar-refractivity contribution in [3.05, 3.63) is 23.8 Å². The van der Waals surface area contributed by atoms with Gasteiger partial charge >= 0.3 is 0 Å². The van der Waals surface area contributed by atoms with Gasteiger partial charge in [-0.3, -0.25) is 9.80 Å². The van der Waals surface area contributed by atoms with E-state index in [1.165, 1.54) is 37.9 Å². The molecule has 0 radical (unpaired) electrons. The second-order valence-corrected chi connectivity index (χ2v) is 7.14. The minimum atomic E-state index is 0.661. The fourth-order valence-electron chi connectivity index (χ4n) is 4.41. The van der Waals surface area contributed by atoms with Crippen molar-refractivity contribution in [3.63, 3.8) is 0 Å². The number of likely N-dealkylation sites (tertiary alicyclic amines) is 1. The molecule has 2 bridgehead atoms. The van der Waals surface area contributed by atoms with Crippen LogP contribution in [0.1, 0.15) is 38.7 Å². The summed E-state index contributed by atoms with van der Waals surface area (Å²) < 4.78 is 10.8. The maximum Gasteiger partial charge on any atom is 0.161 e. The standard InChI is InChI=1S/C19H30N2O2/c1-14(2)21-16-6-7-17(21)13-20(10-9-16)12-15-5-8-18(22-3)19(11-15)23-4/h5,8,11,14,16-17H,6-7,9-10,12-13H2,1-4H3. The number of hydrogen-bond donors (Lipinski definition) is 0. The summed E-state index contributed by atoms with van der Waals surface area (Å²) in [5.74, 6) is 1.63. The molecule has 0 saturated carbocycles. The van der Waals surface area contributed by atoms with Gasteiger partial charge in [-0.2, -0.15) is 0 Å². The average Bonchev–Trinajstić information content (AvgIpc) is 2.85. The maximum absolute atomic E-state index is 5.44. The molecule has 2 saturated heterocycles. The van der Waals surface area contributed by atoms with Crippen molar-refractivity contribution in [2.45, 2.75) is 57.8 Å². The van der Waals surface area contributed by atoms with Gasteiger partial charge in [0.25, 0.3) is 0 Å². The van der Waals surface area contributed by atoms with Crippen molar-refractivity contribution in [1.82, 2.24) is 9.80 Å². The number of fused-ring (bicyclic) bond motifs is 2. The van der Waals surface area contributed by atoms with Crippen molar-refractivity contribution in [2.24, 2.45) is 0 Å². The number of benzene rings is 1. The van der Waals surface area contributed by atoms with Crippen LogP contribution in [0.2, 0.25) is 0 Å². The maximum atomic E-state index is 5.44. The van der Waals surface area contributed by atoms with Crippen LogP contribution < -0.4 is 9.47 Å². The fourth-order valence-corrected chi connectivity index (χ4v) is 4.41. The molecular formula is C19H30N2O2. The van der Waals surface area contributed by atoms with E-state index in [2.05, 4.69) is 35.8 Å². The first-order valence-corrected chi connectivity index (χ1v) is 8.83. The highest BCUT2D eigenvalue weighted by Crippen LogP contribution is 2.33. The molecule has 128 valence electrons. The third kappa shape index (κ3) is 3.48. The molecule has 0 aliphatic carbocycles. The molecule has 2 unspecified atom stereocenters. The molecule has 0 N–H and O–H groups in total. The van der Waals surface area contributed by atoms with E-state index in [1.807, 2.05) is 6.07 Å². The Bertz CT molecular complexity index is 532. The van der Waals surface area contributed by atoms with Gasteiger partial charge < -0.3 is 9.47 Å². The smallest absolute Gasteiger partial charge is 0.161 e. The number of ether oxygens (including phenoxy) is 2.